The van der Waals surface area contributed by atoms with Crippen molar-refractivity contribution in [2.75, 3.05) is 13.7 Å². The maximum atomic E-state index is 11.5. The van der Waals surface area contributed by atoms with Gasteiger partial charge in [0.2, 0.25) is 5.91 Å². The molecule has 2 rings (SSSR count). The second kappa shape index (κ2) is 6.25. The summed E-state index contributed by atoms with van der Waals surface area (Å²) in [4.78, 5) is 22.7. The summed E-state index contributed by atoms with van der Waals surface area (Å²) in [6.45, 7) is -0.136. The molecule has 1 aromatic carbocycles. The normalized spacial score (nSPS) is 20.6. The number of benzene rings is 1. The zero-order valence-corrected chi connectivity index (χ0v) is 11.0. The molecule has 0 radical (unpaired) electrons. The molecule has 1 fully saturated rings. The summed E-state index contributed by atoms with van der Waals surface area (Å²) in [5.41, 5.74) is 0.803. The van der Waals surface area contributed by atoms with Crippen LogP contribution < -0.4 is 15.4 Å². The van der Waals surface area contributed by atoms with E-state index in [0.29, 0.717) is 0 Å². The number of rotatable bonds is 5. The smallest absolute Gasteiger partial charge is 0.408 e. The Hall–Kier alpha value is -2.28. The van der Waals surface area contributed by atoms with Gasteiger partial charge in [0, 0.05) is 0 Å². The topological polar surface area (TPSA) is 96.9 Å². The molecule has 2 amide bonds. The first-order valence-corrected chi connectivity index (χ1v) is 6.11. The van der Waals surface area contributed by atoms with Crippen molar-refractivity contribution in [3.63, 3.8) is 0 Å². The summed E-state index contributed by atoms with van der Waals surface area (Å²) < 4.78 is 10.0. The Morgan fingerprint density at radius 2 is 2.10 bits per heavy atom. The molecule has 2 atom stereocenters. The predicted octanol–water partition coefficient (Wildman–Crippen LogP) is -0.219. The van der Waals surface area contributed by atoms with Crippen LogP contribution in [-0.2, 0) is 16.1 Å². The van der Waals surface area contributed by atoms with Crippen molar-refractivity contribution in [1.29, 1.82) is 0 Å². The molecule has 1 aliphatic heterocycles. The van der Waals surface area contributed by atoms with Crippen molar-refractivity contribution in [2.24, 2.45) is 0 Å². The lowest BCUT2D eigenvalue weighted by Crippen LogP contribution is -2.70. The lowest BCUT2D eigenvalue weighted by atomic mass is 10.0. The Labute approximate surface area is 115 Å². The van der Waals surface area contributed by atoms with Gasteiger partial charge in [-0.1, -0.05) is 12.1 Å². The molecule has 0 spiro atoms. The summed E-state index contributed by atoms with van der Waals surface area (Å²) in [7, 11) is 1.57. The molecule has 7 nitrogen and oxygen atoms in total. The average molecular weight is 280 g/mol. The SMILES string of the molecule is COc1ccc(COC(=O)N[C@@H]2C(=O)N[C@@H]2CO)cc1. The van der Waals surface area contributed by atoms with Crippen molar-refractivity contribution in [1.82, 2.24) is 10.6 Å². The van der Waals surface area contributed by atoms with E-state index in [9.17, 15) is 9.59 Å². The van der Waals surface area contributed by atoms with E-state index in [-0.39, 0.29) is 19.1 Å². The van der Waals surface area contributed by atoms with Gasteiger partial charge in [-0.2, -0.15) is 0 Å². The molecule has 0 aromatic heterocycles. The third kappa shape index (κ3) is 3.18. The number of alkyl carbamates (subject to hydrolysis) is 1. The highest BCUT2D eigenvalue weighted by Crippen LogP contribution is 2.12. The first kappa shape index (κ1) is 14.1. The fourth-order valence-corrected chi connectivity index (χ4v) is 1.80. The maximum absolute atomic E-state index is 11.5. The molecule has 1 aromatic rings. The standard InChI is InChI=1S/C13H16N2O5/c1-19-9-4-2-8(3-5-9)7-20-13(18)15-11-10(6-16)14-12(11)17/h2-5,10-11,16H,6-7H2,1H3,(H,14,17)(H,15,18)/t10-,11+/m1/s1. The number of hydrogen-bond donors (Lipinski definition) is 3. The quantitative estimate of drug-likeness (QED) is 0.648. The number of carbonyl (C=O) groups excluding carboxylic acids is 2. The van der Waals surface area contributed by atoms with Gasteiger partial charge in [0.1, 0.15) is 18.4 Å². The molecule has 0 unspecified atom stereocenters. The zero-order chi connectivity index (χ0) is 14.5. The molecule has 3 N–H and O–H groups in total. The van der Waals surface area contributed by atoms with Crippen molar-refractivity contribution >= 4 is 12.0 Å². The van der Waals surface area contributed by atoms with Crippen molar-refractivity contribution in [2.45, 2.75) is 18.7 Å². The number of nitrogens with one attached hydrogen (secondary N) is 2. The second-order valence-electron chi connectivity index (χ2n) is 4.34. The van der Waals surface area contributed by atoms with Crippen LogP contribution in [0.5, 0.6) is 5.75 Å². The van der Waals surface area contributed by atoms with Crippen LogP contribution in [-0.4, -0.2) is 42.9 Å². The van der Waals surface area contributed by atoms with Crippen molar-refractivity contribution < 1.29 is 24.2 Å². The van der Waals surface area contributed by atoms with Gasteiger partial charge in [0.05, 0.1) is 19.8 Å². The van der Waals surface area contributed by atoms with E-state index in [1.54, 1.807) is 31.4 Å². The van der Waals surface area contributed by atoms with Crippen molar-refractivity contribution in [3.05, 3.63) is 29.8 Å². The lowest BCUT2D eigenvalue weighted by molar-refractivity contribution is -0.132. The Morgan fingerprint density at radius 3 is 2.65 bits per heavy atom. The largest absolute Gasteiger partial charge is 0.497 e. The molecule has 0 aliphatic carbocycles. The number of aliphatic hydroxyl groups is 1. The second-order valence-corrected chi connectivity index (χ2v) is 4.34. The highest BCUT2D eigenvalue weighted by atomic mass is 16.5. The third-order valence-electron chi connectivity index (χ3n) is 3.01. The number of ether oxygens (including phenoxy) is 2. The van der Waals surface area contributed by atoms with Crippen LogP contribution in [0.25, 0.3) is 0 Å². The molecular formula is C13H16N2O5. The minimum absolute atomic E-state index is 0.0912. The molecule has 0 saturated carbocycles. The Kier molecular flexibility index (Phi) is 4.41. The summed E-state index contributed by atoms with van der Waals surface area (Å²) in [5.74, 6) is 0.389. The molecule has 1 heterocycles. The highest BCUT2D eigenvalue weighted by molar-refractivity contribution is 5.92. The van der Waals surface area contributed by atoms with E-state index in [0.717, 1.165) is 11.3 Å². The fraction of sp³-hybridized carbons (Fsp3) is 0.385. The predicted molar refractivity (Wildman–Crippen MR) is 69.1 cm³/mol. The van der Waals surface area contributed by atoms with E-state index in [1.165, 1.54) is 0 Å². The molecule has 7 heteroatoms. The summed E-state index contributed by atoms with van der Waals surface area (Å²) >= 11 is 0. The van der Waals surface area contributed by atoms with E-state index in [4.69, 9.17) is 14.6 Å². The van der Waals surface area contributed by atoms with E-state index < -0.39 is 18.2 Å². The Balaban J connectivity index is 1.78. The maximum Gasteiger partial charge on any atom is 0.408 e. The number of amides is 2. The van der Waals surface area contributed by atoms with Crippen LogP contribution >= 0.6 is 0 Å². The number of methoxy groups -OCH3 is 1. The monoisotopic (exact) mass is 280 g/mol. The van der Waals surface area contributed by atoms with Gasteiger partial charge in [-0.15, -0.1) is 0 Å². The van der Waals surface area contributed by atoms with Crippen LogP contribution in [0.3, 0.4) is 0 Å². The summed E-state index contributed by atoms with van der Waals surface area (Å²) in [6.07, 6.45) is -0.695. The molecule has 1 saturated heterocycles. The van der Waals surface area contributed by atoms with E-state index >= 15 is 0 Å². The molecule has 1 aliphatic rings. The van der Waals surface area contributed by atoms with Gasteiger partial charge in [-0.25, -0.2) is 4.79 Å². The molecule has 20 heavy (non-hydrogen) atoms. The van der Waals surface area contributed by atoms with Gasteiger partial charge in [-0.3, -0.25) is 4.79 Å². The van der Waals surface area contributed by atoms with Gasteiger partial charge in [0.25, 0.3) is 0 Å². The minimum Gasteiger partial charge on any atom is -0.497 e. The van der Waals surface area contributed by atoms with Crippen LogP contribution in [0.1, 0.15) is 5.56 Å². The number of carbonyl (C=O) groups is 2. The number of aliphatic hydroxyl groups excluding tert-OH is 1. The average Bonchev–Trinajstić information content (AvgIpc) is 2.48. The zero-order valence-electron chi connectivity index (χ0n) is 11.0. The Bertz CT molecular complexity index is 488. The highest BCUT2D eigenvalue weighted by Gasteiger charge is 2.40. The summed E-state index contributed by atoms with van der Waals surface area (Å²) in [5, 5.41) is 13.8. The van der Waals surface area contributed by atoms with E-state index in [1.807, 2.05) is 0 Å². The van der Waals surface area contributed by atoms with Crippen molar-refractivity contribution in [3.8, 4) is 5.75 Å². The number of hydrogen-bond acceptors (Lipinski definition) is 5. The Morgan fingerprint density at radius 1 is 1.40 bits per heavy atom. The minimum atomic E-state index is -0.733. The lowest BCUT2D eigenvalue weighted by Gasteiger charge is -2.35. The van der Waals surface area contributed by atoms with Crippen LogP contribution in [0, 0.1) is 0 Å². The fourth-order valence-electron chi connectivity index (χ4n) is 1.80. The molecule has 0 bridgehead atoms. The van der Waals surface area contributed by atoms with Crippen LogP contribution in [0.15, 0.2) is 24.3 Å². The summed E-state index contributed by atoms with van der Waals surface area (Å²) in [6, 6.07) is 5.90. The number of β-lactam (4-membered cyclic amide) rings is 1. The van der Waals surface area contributed by atoms with Crippen LogP contribution in [0.4, 0.5) is 4.79 Å². The van der Waals surface area contributed by atoms with Gasteiger partial charge < -0.3 is 25.2 Å². The first-order valence-electron chi connectivity index (χ1n) is 6.11. The van der Waals surface area contributed by atoms with Gasteiger partial charge in [-0.05, 0) is 17.7 Å². The van der Waals surface area contributed by atoms with Gasteiger partial charge in [0.15, 0.2) is 0 Å². The van der Waals surface area contributed by atoms with Crippen LogP contribution in [0.2, 0.25) is 0 Å². The third-order valence-corrected chi connectivity index (χ3v) is 3.01. The van der Waals surface area contributed by atoms with E-state index in [2.05, 4.69) is 10.6 Å². The van der Waals surface area contributed by atoms with Gasteiger partial charge >= 0.3 is 6.09 Å². The molecular weight excluding hydrogens is 264 g/mol. The first-order chi connectivity index (χ1) is 9.63. The molecule has 108 valence electrons.